The fourth-order valence-electron chi connectivity index (χ4n) is 4.41. The monoisotopic (exact) mass is 594 g/mol. The molecule has 0 atom stereocenters. The quantitative estimate of drug-likeness (QED) is 0.191. The first-order chi connectivity index (χ1) is 19.5. The van der Waals surface area contributed by atoms with Crippen molar-refractivity contribution >= 4 is 63.3 Å². The van der Waals surface area contributed by atoms with Crippen LogP contribution in [0.15, 0.2) is 81.6 Å². The SMILES string of the molecule is N#CC(C#N)=Cc1ccc(-c2ccc3c(c2)Oc2c(Cl)c4c(c(Cl)c2=N3)Oc2cc(-c3cccs3)ccc2N=4)s1. The molecule has 2 aliphatic heterocycles. The molecular weight excluding hydrogens is 583 g/mol. The van der Waals surface area contributed by atoms with Gasteiger partial charge in [0.05, 0.1) is 0 Å². The molecule has 5 aromatic rings. The van der Waals surface area contributed by atoms with Crippen LogP contribution in [0, 0.1) is 22.7 Å². The average Bonchev–Trinajstić information content (AvgIpc) is 3.70. The van der Waals surface area contributed by atoms with Crippen molar-refractivity contribution < 1.29 is 9.47 Å². The Bertz CT molecular complexity index is 2100. The summed E-state index contributed by atoms with van der Waals surface area (Å²) in [6.07, 6.45) is 1.56. The standard InChI is InChI=1S/C30H12Cl2N4O2S2/c31-25-28-30(26(32)27-29(25)37-21-11-16(3-6-19(21)35-27)23-2-1-9-39-23)38-22-12-17(4-7-20(22)36-28)24-8-5-18(40-24)10-15(13-33)14-34/h1-12H. The number of nitriles is 2. The number of nitrogens with zero attached hydrogens (tertiary/aromatic N) is 4. The third-order valence-electron chi connectivity index (χ3n) is 6.30. The summed E-state index contributed by atoms with van der Waals surface area (Å²) in [6, 6.07) is 23.1. The lowest BCUT2D eigenvalue weighted by molar-refractivity contribution is 0.451. The molecule has 190 valence electrons. The summed E-state index contributed by atoms with van der Waals surface area (Å²) < 4.78 is 12.5. The van der Waals surface area contributed by atoms with Gasteiger partial charge >= 0.3 is 0 Å². The second-order valence-corrected chi connectivity index (χ2v) is 11.6. The molecule has 2 aromatic heterocycles. The summed E-state index contributed by atoms with van der Waals surface area (Å²) in [6.45, 7) is 0. The van der Waals surface area contributed by atoms with Crippen molar-refractivity contribution in [2.24, 2.45) is 9.98 Å². The minimum absolute atomic E-state index is 0.0485. The number of hydrogen-bond acceptors (Lipinski definition) is 8. The highest BCUT2D eigenvalue weighted by molar-refractivity contribution is 7.16. The first kappa shape index (κ1) is 24.6. The highest BCUT2D eigenvalue weighted by atomic mass is 35.5. The third kappa shape index (κ3) is 4.06. The third-order valence-corrected chi connectivity index (χ3v) is 9.00. The number of allylic oxidation sites excluding steroid dienone is 1. The normalized spacial score (nSPS) is 12.0. The summed E-state index contributed by atoms with van der Waals surface area (Å²) in [4.78, 5) is 12.4. The van der Waals surface area contributed by atoms with E-state index in [1.807, 2.05) is 78.2 Å². The Kier molecular flexibility index (Phi) is 5.92. The van der Waals surface area contributed by atoms with Crippen LogP contribution >= 0.6 is 45.9 Å². The van der Waals surface area contributed by atoms with Gasteiger partial charge in [-0.25, -0.2) is 9.98 Å². The molecule has 0 saturated heterocycles. The smallest absolute Gasteiger partial charge is 0.175 e. The number of hydrogen-bond donors (Lipinski definition) is 0. The zero-order valence-corrected chi connectivity index (χ0v) is 23.3. The van der Waals surface area contributed by atoms with E-state index < -0.39 is 0 Å². The summed E-state index contributed by atoms with van der Waals surface area (Å²) in [5, 5.41) is 21.4. The van der Waals surface area contributed by atoms with Crippen molar-refractivity contribution in [3.63, 3.8) is 0 Å². The van der Waals surface area contributed by atoms with Crippen LogP contribution in [0.4, 0.5) is 11.4 Å². The summed E-state index contributed by atoms with van der Waals surface area (Å²) in [5.74, 6) is 1.74. The Morgan fingerprint density at radius 1 is 0.775 bits per heavy atom. The Morgan fingerprint density at radius 2 is 1.38 bits per heavy atom. The van der Waals surface area contributed by atoms with Gasteiger partial charge in [-0.3, -0.25) is 0 Å². The molecule has 3 aromatic carbocycles. The molecule has 6 nitrogen and oxygen atoms in total. The number of thiophene rings is 2. The second-order valence-electron chi connectivity index (χ2n) is 8.74. The number of halogens is 2. The molecule has 40 heavy (non-hydrogen) atoms. The lowest BCUT2D eigenvalue weighted by Crippen LogP contribution is -2.22. The molecule has 0 bridgehead atoms. The lowest BCUT2D eigenvalue weighted by atomic mass is 10.1. The van der Waals surface area contributed by atoms with Gasteiger partial charge in [0.25, 0.3) is 0 Å². The maximum atomic E-state index is 9.04. The highest BCUT2D eigenvalue weighted by Crippen LogP contribution is 2.45. The van der Waals surface area contributed by atoms with E-state index in [1.54, 1.807) is 17.4 Å². The Balaban J connectivity index is 1.29. The summed E-state index contributed by atoms with van der Waals surface area (Å²) >= 11 is 16.7. The topological polar surface area (TPSA) is 90.8 Å². The van der Waals surface area contributed by atoms with Gasteiger partial charge in [-0.2, -0.15) is 10.5 Å². The number of benzene rings is 3. The molecule has 0 amide bonds. The molecule has 7 rings (SSSR count). The zero-order valence-electron chi connectivity index (χ0n) is 20.1. The minimum atomic E-state index is 0.0485. The van der Waals surface area contributed by atoms with Crippen LogP contribution in [0.2, 0.25) is 10.0 Å². The van der Waals surface area contributed by atoms with Crippen molar-refractivity contribution in [1.29, 1.82) is 10.5 Å². The van der Waals surface area contributed by atoms with Crippen LogP contribution in [0.1, 0.15) is 4.88 Å². The van der Waals surface area contributed by atoms with Gasteiger partial charge in [0.2, 0.25) is 0 Å². The molecule has 2 aliphatic rings. The zero-order chi connectivity index (χ0) is 27.4. The van der Waals surface area contributed by atoms with Crippen molar-refractivity contribution in [2.45, 2.75) is 0 Å². The van der Waals surface area contributed by atoms with E-state index in [0.29, 0.717) is 45.1 Å². The molecule has 0 spiro atoms. The summed E-state index contributed by atoms with van der Waals surface area (Å²) in [5.41, 5.74) is 3.19. The molecule has 4 heterocycles. The van der Waals surface area contributed by atoms with Crippen molar-refractivity contribution in [3.05, 3.63) is 97.3 Å². The molecule has 0 aliphatic carbocycles. The van der Waals surface area contributed by atoms with E-state index in [2.05, 4.69) is 0 Å². The average molecular weight is 595 g/mol. The fraction of sp³-hybridized carbons (Fsp3) is 0. The van der Waals surface area contributed by atoms with E-state index in [1.165, 1.54) is 11.3 Å². The van der Waals surface area contributed by atoms with E-state index >= 15 is 0 Å². The van der Waals surface area contributed by atoms with E-state index in [9.17, 15) is 0 Å². The van der Waals surface area contributed by atoms with Crippen molar-refractivity contribution in [1.82, 2.24) is 0 Å². The van der Waals surface area contributed by atoms with Crippen molar-refractivity contribution in [3.8, 4) is 56.0 Å². The van der Waals surface area contributed by atoms with E-state index in [4.69, 9.17) is 53.2 Å². The Hall–Kier alpha value is -4.44. The number of ether oxygens (including phenoxy) is 2. The van der Waals surface area contributed by atoms with E-state index in [-0.39, 0.29) is 15.6 Å². The first-order valence-electron chi connectivity index (χ1n) is 11.8. The van der Waals surface area contributed by atoms with Gasteiger partial charge in [-0.15, -0.1) is 22.7 Å². The van der Waals surface area contributed by atoms with Gasteiger partial charge in [0, 0.05) is 14.6 Å². The molecule has 0 fully saturated rings. The van der Waals surface area contributed by atoms with Crippen LogP contribution in [0.3, 0.4) is 0 Å². The van der Waals surface area contributed by atoms with Crippen LogP contribution in [-0.4, -0.2) is 0 Å². The largest absolute Gasteiger partial charge is 0.451 e. The van der Waals surface area contributed by atoms with E-state index in [0.717, 1.165) is 25.8 Å². The molecule has 0 N–H and O–H groups in total. The minimum Gasteiger partial charge on any atom is -0.451 e. The van der Waals surface area contributed by atoms with Crippen LogP contribution < -0.4 is 20.2 Å². The molecular formula is C30H12Cl2N4O2S2. The number of rotatable bonds is 3. The van der Waals surface area contributed by atoms with Crippen LogP contribution in [-0.2, 0) is 0 Å². The predicted molar refractivity (Wildman–Crippen MR) is 157 cm³/mol. The molecule has 0 saturated carbocycles. The number of fused-ring (bicyclic) bond motifs is 4. The molecule has 10 heteroatoms. The fourth-order valence-corrected chi connectivity index (χ4v) is 6.60. The second kappa shape index (κ2) is 9.63. The summed E-state index contributed by atoms with van der Waals surface area (Å²) in [7, 11) is 0. The highest BCUT2D eigenvalue weighted by Gasteiger charge is 2.27. The van der Waals surface area contributed by atoms with Gasteiger partial charge in [-0.05, 0) is 65.0 Å². The maximum Gasteiger partial charge on any atom is 0.175 e. The first-order valence-corrected chi connectivity index (χ1v) is 14.3. The van der Waals surface area contributed by atoms with Crippen LogP contribution in [0.5, 0.6) is 23.0 Å². The molecule has 0 unspecified atom stereocenters. The molecule has 0 radical (unpaired) electrons. The lowest BCUT2D eigenvalue weighted by Gasteiger charge is -2.21. The van der Waals surface area contributed by atoms with Gasteiger partial charge in [0.15, 0.2) is 23.0 Å². The predicted octanol–water partition coefficient (Wildman–Crippen LogP) is 8.99. The Labute approximate surface area is 245 Å². The van der Waals surface area contributed by atoms with Gasteiger partial charge in [-0.1, -0.05) is 41.4 Å². The van der Waals surface area contributed by atoms with Crippen LogP contribution in [0.25, 0.3) is 27.0 Å². The Morgan fingerprint density at radius 3 is 1.93 bits per heavy atom. The van der Waals surface area contributed by atoms with Gasteiger partial charge < -0.3 is 9.47 Å². The van der Waals surface area contributed by atoms with Crippen molar-refractivity contribution in [2.75, 3.05) is 0 Å². The maximum absolute atomic E-state index is 9.04. The van der Waals surface area contributed by atoms with Gasteiger partial charge in [0.1, 0.15) is 49.8 Å².